The molecule has 1 amide bonds. The van der Waals surface area contributed by atoms with Gasteiger partial charge in [0.1, 0.15) is 0 Å². The van der Waals surface area contributed by atoms with Gasteiger partial charge < -0.3 is 15.0 Å². The minimum absolute atomic E-state index is 0.0692. The van der Waals surface area contributed by atoms with Crippen molar-refractivity contribution in [3.63, 3.8) is 0 Å². The molecule has 0 aromatic heterocycles. The largest absolute Gasteiger partial charge is 0.381 e. The Morgan fingerprint density at radius 3 is 2.73 bits per heavy atom. The first kappa shape index (κ1) is 15.3. The van der Waals surface area contributed by atoms with Crippen molar-refractivity contribution >= 4 is 17.3 Å². The van der Waals surface area contributed by atoms with Crippen molar-refractivity contribution in [3.05, 3.63) is 23.8 Å². The Balaban J connectivity index is 1.99. The molecule has 0 atom stereocenters. The minimum Gasteiger partial charge on any atom is -0.381 e. The topological polar surface area (TPSA) is 41.6 Å². The van der Waals surface area contributed by atoms with Crippen LogP contribution in [0, 0.1) is 0 Å². The second kappa shape index (κ2) is 5.92. The third kappa shape index (κ3) is 2.60. The third-order valence-electron chi connectivity index (χ3n) is 5.03. The molecule has 120 valence electrons. The zero-order valence-corrected chi connectivity index (χ0v) is 13.8. The fraction of sp³-hybridized carbons (Fsp3) is 0.611. The lowest BCUT2D eigenvalue weighted by Gasteiger charge is -2.35. The Morgan fingerprint density at radius 1 is 1.36 bits per heavy atom. The third-order valence-corrected chi connectivity index (χ3v) is 5.03. The molecule has 0 aliphatic carbocycles. The Labute approximate surface area is 132 Å². The molecule has 1 fully saturated rings. The van der Waals surface area contributed by atoms with Gasteiger partial charge in [0.2, 0.25) is 5.91 Å². The number of hydrogen-bond acceptors (Lipinski definition) is 3. The quantitative estimate of drug-likeness (QED) is 0.931. The summed E-state index contributed by atoms with van der Waals surface area (Å²) in [6, 6.07) is 6.87. The standard InChI is InChI=1S/C18H26N2O2/c1-4-17(21)19-14-5-6-16-15(11-14)18(7-9-22-10-8-18)12-20(16)13(2)3/h5-6,11,13H,4,7-10,12H2,1-3H3,(H,19,21). The van der Waals surface area contributed by atoms with E-state index in [2.05, 4.69) is 36.2 Å². The second-order valence-corrected chi connectivity index (χ2v) is 6.75. The van der Waals surface area contributed by atoms with Gasteiger partial charge in [-0.05, 0) is 50.5 Å². The SMILES string of the molecule is CCC(=O)Nc1ccc2c(c1)C1(CCOCC1)CN2C(C)C. The van der Waals surface area contributed by atoms with Crippen LogP contribution in [0.25, 0.3) is 0 Å². The van der Waals surface area contributed by atoms with Crippen LogP contribution < -0.4 is 10.2 Å². The fourth-order valence-corrected chi connectivity index (χ4v) is 3.69. The van der Waals surface area contributed by atoms with Crippen molar-refractivity contribution in [3.8, 4) is 0 Å². The van der Waals surface area contributed by atoms with Gasteiger partial charge in [0.05, 0.1) is 0 Å². The van der Waals surface area contributed by atoms with E-state index in [4.69, 9.17) is 4.74 Å². The van der Waals surface area contributed by atoms with E-state index < -0.39 is 0 Å². The van der Waals surface area contributed by atoms with Crippen molar-refractivity contribution in [2.75, 3.05) is 30.0 Å². The number of amides is 1. The summed E-state index contributed by atoms with van der Waals surface area (Å²) in [4.78, 5) is 14.2. The smallest absolute Gasteiger partial charge is 0.224 e. The van der Waals surface area contributed by atoms with Crippen LogP contribution in [0.1, 0.15) is 45.6 Å². The molecule has 22 heavy (non-hydrogen) atoms. The van der Waals surface area contributed by atoms with E-state index in [-0.39, 0.29) is 11.3 Å². The van der Waals surface area contributed by atoms with E-state index >= 15 is 0 Å². The number of benzene rings is 1. The van der Waals surface area contributed by atoms with Crippen LogP contribution in [0.3, 0.4) is 0 Å². The molecule has 2 heterocycles. The monoisotopic (exact) mass is 302 g/mol. The van der Waals surface area contributed by atoms with Gasteiger partial charge in [0.15, 0.2) is 0 Å². The molecular formula is C18H26N2O2. The zero-order valence-electron chi connectivity index (χ0n) is 13.8. The number of hydrogen-bond donors (Lipinski definition) is 1. The highest BCUT2D eigenvalue weighted by Crippen LogP contribution is 2.48. The van der Waals surface area contributed by atoms with E-state index in [9.17, 15) is 4.79 Å². The lowest BCUT2D eigenvalue weighted by molar-refractivity contribution is -0.115. The highest BCUT2D eigenvalue weighted by Gasteiger charge is 2.44. The fourth-order valence-electron chi connectivity index (χ4n) is 3.69. The molecule has 1 spiro atoms. The Morgan fingerprint density at radius 2 is 2.09 bits per heavy atom. The molecule has 4 nitrogen and oxygen atoms in total. The summed E-state index contributed by atoms with van der Waals surface area (Å²) in [7, 11) is 0. The lowest BCUT2D eigenvalue weighted by atomic mass is 9.76. The van der Waals surface area contributed by atoms with E-state index in [1.54, 1.807) is 0 Å². The van der Waals surface area contributed by atoms with Gasteiger partial charge in [-0.15, -0.1) is 0 Å². The van der Waals surface area contributed by atoms with Crippen LogP contribution in [-0.2, 0) is 14.9 Å². The number of carbonyl (C=O) groups excluding carboxylic acids is 1. The molecule has 0 saturated carbocycles. The van der Waals surface area contributed by atoms with Gasteiger partial charge >= 0.3 is 0 Å². The van der Waals surface area contributed by atoms with Gasteiger partial charge in [-0.1, -0.05) is 6.92 Å². The molecule has 4 heteroatoms. The van der Waals surface area contributed by atoms with Crippen molar-refractivity contribution in [1.29, 1.82) is 0 Å². The van der Waals surface area contributed by atoms with Crippen molar-refractivity contribution < 1.29 is 9.53 Å². The summed E-state index contributed by atoms with van der Waals surface area (Å²) >= 11 is 0. The number of nitrogens with one attached hydrogen (secondary N) is 1. The number of anilines is 2. The van der Waals surface area contributed by atoms with Gasteiger partial charge in [-0.3, -0.25) is 4.79 Å². The van der Waals surface area contributed by atoms with E-state index in [1.807, 2.05) is 13.0 Å². The molecule has 1 aromatic carbocycles. The van der Waals surface area contributed by atoms with Gasteiger partial charge in [-0.2, -0.15) is 0 Å². The normalized spacial score (nSPS) is 19.5. The first-order chi connectivity index (χ1) is 10.6. The first-order valence-corrected chi connectivity index (χ1v) is 8.34. The summed E-state index contributed by atoms with van der Waals surface area (Å²) in [6.07, 6.45) is 2.64. The van der Waals surface area contributed by atoms with Gasteiger partial charge in [0, 0.05) is 49.0 Å². The molecule has 2 aliphatic rings. The molecule has 0 unspecified atom stereocenters. The molecule has 1 aromatic rings. The maximum Gasteiger partial charge on any atom is 0.224 e. The maximum absolute atomic E-state index is 11.7. The number of ether oxygens (including phenoxy) is 1. The summed E-state index contributed by atoms with van der Waals surface area (Å²) < 4.78 is 5.59. The minimum atomic E-state index is 0.0692. The average molecular weight is 302 g/mol. The Kier molecular flexibility index (Phi) is 4.13. The van der Waals surface area contributed by atoms with Gasteiger partial charge in [0.25, 0.3) is 0 Å². The van der Waals surface area contributed by atoms with Gasteiger partial charge in [-0.25, -0.2) is 0 Å². The highest BCUT2D eigenvalue weighted by molar-refractivity contribution is 5.91. The molecule has 3 rings (SSSR count). The van der Waals surface area contributed by atoms with Crippen LogP contribution in [-0.4, -0.2) is 31.7 Å². The van der Waals surface area contributed by atoms with Crippen molar-refractivity contribution in [2.45, 2.75) is 51.5 Å². The predicted octanol–water partition coefficient (Wildman–Crippen LogP) is 3.31. The van der Waals surface area contributed by atoms with E-state index in [0.717, 1.165) is 38.3 Å². The maximum atomic E-state index is 11.7. The van der Waals surface area contributed by atoms with Crippen LogP contribution >= 0.6 is 0 Å². The molecule has 2 aliphatic heterocycles. The van der Waals surface area contributed by atoms with Crippen LogP contribution in [0.4, 0.5) is 11.4 Å². The molecule has 0 bridgehead atoms. The highest BCUT2D eigenvalue weighted by atomic mass is 16.5. The summed E-state index contributed by atoms with van der Waals surface area (Å²) in [6.45, 7) is 9.09. The van der Waals surface area contributed by atoms with Crippen LogP contribution in [0.2, 0.25) is 0 Å². The van der Waals surface area contributed by atoms with Crippen molar-refractivity contribution in [1.82, 2.24) is 0 Å². The summed E-state index contributed by atoms with van der Waals surface area (Å²) in [5.74, 6) is 0.0692. The number of fused-ring (bicyclic) bond motifs is 2. The number of nitrogens with zero attached hydrogens (tertiary/aromatic N) is 1. The van der Waals surface area contributed by atoms with Crippen LogP contribution in [0.5, 0.6) is 0 Å². The molecule has 1 saturated heterocycles. The Bertz CT molecular complexity index is 562. The van der Waals surface area contributed by atoms with E-state index in [1.165, 1.54) is 11.3 Å². The summed E-state index contributed by atoms with van der Waals surface area (Å²) in [5, 5.41) is 3.00. The van der Waals surface area contributed by atoms with Crippen molar-refractivity contribution in [2.24, 2.45) is 0 Å². The average Bonchev–Trinajstić information content (AvgIpc) is 2.82. The van der Waals surface area contributed by atoms with E-state index in [0.29, 0.717) is 12.5 Å². The Hall–Kier alpha value is -1.55. The zero-order chi connectivity index (χ0) is 15.7. The number of carbonyl (C=O) groups is 1. The number of rotatable bonds is 3. The second-order valence-electron chi connectivity index (χ2n) is 6.75. The molecular weight excluding hydrogens is 276 g/mol. The summed E-state index contributed by atoms with van der Waals surface area (Å²) in [5.41, 5.74) is 3.82. The lowest BCUT2D eigenvalue weighted by Crippen LogP contribution is -2.40. The van der Waals surface area contributed by atoms with Crippen LogP contribution in [0.15, 0.2) is 18.2 Å². The molecule has 0 radical (unpaired) electrons. The predicted molar refractivity (Wildman–Crippen MR) is 89.6 cm³/mol. The first-order valence-electron chi connectivity index (χ1n) is 8.34. The molecule has 1 N–H and O–H groups in total.